The van der Waals surface area contributed by atoms with E-state index >= 15 is 0 Å². The molecule has 5 heteroatoms. The lowest BCUT2D eigenvalue weighted by atomic mass is 9.94. The van der Waals surface area contributed by atoms with Crippen molar-refractivity contribution in [3.05, 3.63) is 29.8 Å². The molecule has 0 saturated carbocycles. The van der Waals surface area contributed by atoms with Crippen LogP contribution in [0.4, 0.5) is 0 Å². The van der Waals surface area contributed by atoms with E-state index in [9.17, 15) is 8.42 Å². The Labute approximate surface area is 121 Å². The maximum atomic E-state index is 12.7. The van der Waals surface area contributed by atoms with Crippen LogP contribution < -0.4 is 0 Å². The molecule has 0 radical (unpaired) electrons. The smallest absolute Gasteiger partial charge is 0.243 e. The quantitative estimate of drug-likeness (QED) is 0.858. The highest BCUT2D eigenvalue weighted by molar-refractivity contribution is 7.89. The standard InChI is InChI=1S/C15H23NO3S/c1-12-7-13(2)10-16(9-12)20(17,18)15-6-4-5-14(8-15)11-19-3/h4-6,8,12-13H,7,9-11H2,1-3H3/t12-,13-/m1/s1. The molecule has 1 aromatic carbocycles. The number of piperidine rings is 1. The molecular weight excluding hydrogens is 274 g/mol. The molecule has 0 aromatic heterocycles. The van der Waals surface area contributed by atoms with Crippen LogP contribution in [-0.2, 0) is 21.4 Å². The van der Waals surface area contributed by atoms with Crippen molar-refractivity contribution in [2.45, 2.75) is 31.8 Å². The minimum absolute atomic E-state index is 0.369. The van der Waals surface area contributed by atoms with Gasteiger partial charge in [0.25, 0.3) is 0 Å². The molecule has 0 unspecified atom stereocenters. The van der Waals surface area contributed by atoms with Gasteiger partial charge in [-0.2, -0.15) is 4.31 Å². The van der Waals surface area contributed by atoms with Crippen LogP contribution in [0.25, 0.3) is 0 Å². The molecule has 1 aliphatic heterocycles. The third kappa shape index (κ3) is 3.40. The number of hydrogen-bond acceptors (Lipinski definition) is 3. The third-order valence-electron chi connectivity index (χ3n) is 3.68. The molecule has 1 fully saturated rings. The Morgan fingerprint density at radius 1 is 1.25 bits per heavy atom. The van der Waals surface area contributed by atoms with Crippen LogP contribution in [0.5, 0.6) is 0 Å². The summed E-state index contributed by atoms with van der Waals surface area (Å²) >= 11 is 0. The van der Waals surface area contributed by atoms with Gasteiger partial charge in [-0.15, -0.1) is 0 Å². The van der Waals surface area contributed by atoms with Gasteiger partial charge in [-0.05, 0) is 36.0 Å². The van der Waals surface area contributed by atoms with E-state index in [0.29, 0.717) is 36.4 Å². The predicted molar refractivity (Wildman–Crippen MR) is 78.9 cm³/mol. The summed E-state index contributed by atoms with van der Waals surface area (Å²) in [5.41, 5.74) is 0.881. The highest BCUT2D eigenvalue weighted by Gasteiger charge is 2.31. The highest BCUT2D eigenvalue weighted by atomic mass is 32.2. The second-order valence-corrected chi connectivity index (χ2v) is 7.79. The van der Waals surface area contributed by atoms with Crippen LogP contribution in [0.3, 0.4) is 0 Å². The molecule has 4 nitrogen and oxygen atoms in total. The maximum Gasteiger partial charge on any atom is 0.243 e. The van der Waals surface area contributed by atoms with Gasteiger partial charge in [0.1, 0.15) is 0 Å². The Kier molecular flexibility index (Phi) is 4.83. The SMILES string of the molecule is COCc1cccc(S(=O)(=O)N2C[C@H](C)C[C@@H](C)C2)c1. The largest absolute Gasteiger partial charge is 0.380 e. The van der Waals surface area contributed by atoms with E-state index in [1.54, 1.807) is 29.6 Å². The minimum atomic E-state index is -3.39. The van der Waals surface area contributed by atoms with Crippen molar-refractivity contribution in [3.8, 4) is 0 Å². The van der Waals surface area contributed by atoms with E-state index < -0.39 is 10.0 Å². The highest BCUT2D eigenvalue weighted by Crippen LogP contribution is 2.27. The van der Waals surface area contributed by atoms with Gasteiger partial charge in [-0.3, -0.25) is 0 Å². The van der Waals surface area contributed by atoms with E-state index in [-0.39, 0.29) is 0 Å². The summed E-state index contributed by atoms with van der Waals surface area (Å²) < 4.78 is 32.1. The first kappa shape index (κ1) is 15.5. The van der Waals surface area contributed by atoms with Crippen LogP contribution in [0, 0.1) is 11.8 Å². The summed E-state index contributed by atoms with van der Waals surface area (Å²) in [6.45, 7) is 5.87. The van der Waals surface area contributed by atoms with Crippen molar-refractivity contribution in [2.75, 3.05) is 20.2 Å². The van der Waals surface area contributed by atoms with Gasteiger partial charge in [-0.1, -0.05) is 26.0 Å². The molecule has 0 amide bonds. The van der Waals surface area contributed by atoms with Crippen molar-refractivity contribution in [2.24, 2.45) is 11.8 Å². The second-order valence-electron chi connectivity index (χ2n) is 5.85. The first-order chi connectivity index (χ1) is 9.43. The Morgan fingerprint density at radius 3 is 2.50 bits per heavy atom. The van der Waals surface area contributed by atoms with Gasteiger partial charge in [0, 0.05) is 20.2 Å². The number of rotatable bonds is 4. The topological polar surface area (TPSA) is 46.6 Å². The normalized spacial score (nSPS) is 24.8. The summed E-state index contributed by atoms with van der Waals surface area (Å²) in [5.74, 6) is 0.825. The number of hydrogen-bond donors (Lipinski definition) is 0. The van der Waals surface area contributed by atoms with E-state index in [1.807, 2.05) is 6.07 Å². The number of sulfonamides is 1. The Morgan fingerprint density at radius 2 is 1.90 bits per heavy atom. The number of benzene rings is 1. The summed E-state index contributed by atoms with van der Waals surface area (Å²) in [7, 11) is -1.78. The Balaban J connectivity index is 2.27. The first-order valence-corrected chi connectivity index (χ1v) is 8.45. The lowest BCUT2D eigenvalue weighted by molar-refractivity contribution is 0.184. The summed E-state index contributed by atoms with van der Waals surface area (Å²) in [4.78, 5) is 0.369. The van der Waals surface area contributed by atoms with Crippen molar-refractivity contribution in [3.63, 3.8) is 0 Å². The van der Waals surface area contributed by atoms with Gasteiger partial charge < -0.3 is 4.74 Å². The Hall–Kier alpha value is -0.910. The summed E-state index contributed by atoms with van der Waals surface area (Å²) in [6.07, 6.45) is 1.09. The van der Waals surface area contributed by atoms with Gasteiger partial charge >= 0.3 is 0 Å². The molecule has 20 heavy (non-hydrogen) atoms. The second kappa shape index (κ2) is 6.24. The third-order valence-corrected chi connectivity index (χ3v) is 5.51. The minimum Gasteiger partial charge on any atom is -0.380 e. The van der Waals surface area contributed by atoms with Crippen molar-refractivity contribution in [1.82, 2.24) is 4.31 Å². The molecule has 0 N–H and O–H groups in total. The first-order valence-electron chi connectivity index (χ1n) is 7.01. The number of ether oxygens (including phenoxy) is 1. The molecule has 1 saturated heterocycles. The fourth-order valence-electron chi connectivity index (χ4n) is 2.91. The predicted octanol–water partition coefficient (Wildman–Crippen LogP) is 2.50. The molecule has 112 valence electrons. The molecule has 0 bridgehead atoms. The van der Waals surface area contributed by atoms with Crippen molar-refractivity contribution in [1.29, 1.82) is 0 Å². The molecule has 2 rings (SSSR count). The molecular formula is C15H23NO3S. The van der Waals surface area contributed by atoms with Gasteiger partial charge in [0.15, 0.2) is 0 Å². The van der Waals surface area contributed by atoms with Crippen molar-refractivity contribution < 1.29 is 13.2 Å². The van der Waals surface area contributed by atoms with Crippen LogP contribution in [0.2, 0.25) is 0 Å². The monoisotopic (exact) mass is 297 g/mol. The lowest BCUT2D eigenvalue weighted by Gasteiger charge is -2.34. The fraction of sp³-hybridized carbons (Fsp3) is 0.600. The Bertz CT molecular complexity index is 546. The zero-order valence-electron chi connectivity index (χ0n) is 12.4. The van der Waals surface area contributed by atoms with E-state index in [4.69, 9.17) is 4.74 Å². The molecule has 0 aliphatic carbocycles. The van der Waals surface area contributed by atoms with Crippen LogP contribution in [0.1, 0.15) is 25.8 Å². The average Bonchev–Trinajstić information content (AvgIpc) is 2.38. The van der Waals surface area contributed by atoms with Crippen LogP contribution in [0.15, 0.2) is 29.2 Å². The van der Waals surface area contributed by atoms with Gasteiger partial charge in [0.2, 0.25) is 10.0 Å². The van der Waals surface area contributed by atoms with E-state index in [2.05, 4.69) is 13.8 Å². The van der Waals surface area contributed by atoms with E-state index in [1.165, 1.54) is 0 Å². The van der Waals surface area contributed by atoms with Crippen LogP contribution >= 0.6 is 0 Å². The lowest BCUT2D eigenvalue weighted by Crippen LogP contribution is -2.42. The summed E-state index contributed by atoms with van der Waals surface area (Å²) in [6, 6.07) is 7.03. The molecule has 1 aliphatic rings. The zero-order valence-corrected chi connectivity index (χ0v) is 13.2. The maximum absolute atomic E-state index is 12.7. The average molecular weight is 297 g/mol. The number of nitrogens with zero attached hydrogens (tertiary/aromatic N) is 1. The van der Waals surface area contributed by atoms with Crippen LogP contribution in [-0.4, -0.2) is 32.9 Å². The molecule has 1 heterocycles. The molecule has 2 atom stereocenters. The fourth-order valence-corrected chi connectivity index (χ4v) is 4.66. The molecule has 1 aromatic rings. The molecule has 0 spiro atoms. The van der Waals surface area contributed by atoms with Gasteiger partial charge in [0.05, 0.1) is 11.5 Å². The van der Waals surface area contributed by atoms with Crippen molar-refractivity contribution >= 4 is 10.0 Å². The summed E-state index contributed by atoms with van der Waals surface area (Å²) in [5, 5.41) is 0. The number of methoxy groups -OCH3 is 1. The zero-order chi connectivity index (χ0) is 14.8. The van der Waals surface area contributed by atoms with Gasteiger partial charge in [-0.25, -0.2) is 8.42 Å². The van der Waals surface area contributed by atoms with E-state index in [0.717, 1.165) is 12.0 Å².